The van der Waals surface area contributed by atoms with Crippen molar-refractivity contribution >= 4 is 35.3 Å². The number of nitrogens with one attached hydrogen (secondary N) is 1. The zero-order chi connectivity index (χ0) is 19.7. The zero-order valence-corrected chi connectivity index (χ0v) is 15.7. The predicted octanol–water partition coefficient (Wildman–Crippen LogP) is 3.04. The van der Waals surface area contributed by atoms with Gasteiger partial charge in [0.25, 0.3) is 11.8 Å². The number of aryl methyl sites for hydroxylation is 2. The van der Waals surface area contributed by atoms with E-state index in [-0.39, 0.29) is 5.57 Å². The van der Waals surface area contributed by atoms with Gasteiger partial charge in [0.05, 0.1) is 5.69 Å². The van der Waals surface area contributed by atoms with Crippen molar-refractivity contribution in [1.29, 1.82) is 0 Å². The molecule has 0 saturated carbocycles. The van der Waals surface area contributed by atoms with Crippen LogP contribution in [-0.2, 0) is 9.59 Å². The summed E-state index contributed by atoms with van der Waals surface area (Å²) in [5.74, 6) is -1.32. The monoisotopic (exact) mass is 363 g/mol. The van der Waals surface area contributed by atoms with Gasteiger partial charge in [-0.05, 0) is 49.2 Å². The fourth-order valence-electron chi connectivity index (χ4n) is 2.97. The molecule has 0 bridgehead atoms. The highest BCUT2D eigenvalue weighted by Gasteiger charge is 2.37. The fraction of sp³-hybridized carbons (Fsp3) is 0.190. The van der Waals surface area contributed by atoms with Crippen LogP contribution >= 0.6 is 0 Å². The van der Waals surface area contributed by atoms with Crippen LogP contribution < -0.4 is 15.1 Å². The first-order valence-electron chi connectivity index (χ1n) is 8.54. The first kappa shape index (κ1) is 18.4. The van der Waals surface area contributed by atoms with Crippen LogP contribution in [0.2, 0.25) is 0 Å². The van der Waals surface area contributed by atoms with Crippen molar-refractivity contribution in [2.24, 2.45) is 0 Å². The number of amides is 4. The van der Waals surface area contributed by atoms with E-state index in [1.807, 2.05) is 69.2 Å². The number of carbonyl (C=O) groups is 3. The molecule has 0 unspecified atom stereocenters. The molecule has 0 spiro atoms. The molecule has 0 aliphatic carbocycles. The second-order valence-corrected chi connectivity index (χ2v) is 6.73. The quantitative estimate of drug-likeness (QED) is 0.672. The van der Waals surface area contributed by atoms with Gasteiger partial charge in [-0.15, -0.1) is 0 Å². The second-order valence-electron chi connectivity index (χ2n) is 6.73. The number of urea groups is 1. The highest BCUT2D eigenvalue weighted by Crippen LogP contribution is 2.26. The first-order valence-corrected chi connectivity index (χ1v) is 8.54. The Morgan fingerprint density at radius 2 is 1.63 bits per heavy atom. The Morgan fingerprint density at radius 3 is 2.22 bits per heavy atom. The van der Waals surface area contributed by atoms with E-state index in [0.29, 0.717) is 11.3 Å². The molecule has 138 valence electrons. The normalized spacial score (nSPS) is 15.9. The van der Waals surface area contributed by atoms with Crippen LogP contribution in [0.25, 0.3) is 6.08 Å². The third-order valence-electron chi connectivity index (χ3n) is 4.42. The van der Waals surface area contributed by atoms with Crippen molar-refractivity contribution in [3.63, 3.8) is 0 Å². The Kier molecular flexibility index (Phi) is 4.81. The summed E-state index contributed by atoms with van der Waals surface area (Å²) in [7, 11) is 3.86. The summed E-state index contributed by atoms with van der Waals surface area (Å²) in [6.45, 7) is 3.75. The SMILES string of the molecule is Cc1ccc(N2C(=O)NC(=O)/C(=C\c3ccc(N(C)C)cc3)C2=O)c(C)c1. The summed E-state index contributed by atoms with van der Waals surface area (Å²) in [6.07, 6.45) is 1.50. The molecule has 27 heavy (non-hydrogen) atoms. The molecule has 1 saturated heterocycles. The predicted molar refractivity (Wildman–Crippen MR) is 106 cm³/mol. The van der Waals surface area contributed by atoms with Crippen LogP contribution in [0.1, 0.15) is 16.7 Å². The van der Waals surface area contributed by atoms with Crippen molar-refractivity contribution in [3.05, 3.63) is 64.7 Å². The maximum absolute atomic E-state index is 12.9. The number of rotatable bonds is 3. The lowest BCUT2D eigenvalue weighted by Crippen LogP contribution is -2.54. The molecule has 2 aromatic carbocycles. The van der Waals surface area contributed by atoms with E-state index >= 15 is 0 Å². The van der Waals surface area contributed by atoms with Gasteiger partial charge < -0.3 is 4.90 Å². The third kappa shape index (κ3) is 3.60. The molecule has 0 radical (unpaired) electrons. The van der Waals surface area contributed by atoms with Crippen LogP contribution in [0, 0.1) is 13.8 Å². The zero-order valence-electron chi connectivity index (χ0n) is 15.7. The van der Waals surface area contributed by atoms with Crippen molar-refractivity contribution in [2.45, 2.75) is 13.8 Å². The maximum atomic E-state index is 12.9. The van der Waals surface area contributed by atoms with E-state index in [2.05, 4.69) is 5.32 Å². The second kappa shape index (κ2) is 7.07. The fourth-order valence-corrected chi connectivity index (χ4v) is 2.97. The van der Waals surface area contributed by atoms with Gasteiger partial charge in [-0.2, -0.15) is 0 Å². The van der Waals surface area contributed by atoms with Crippen molar-refractivity contribution in [2.75, 3.05) is 23.9 Å². The van der Waals surface area contributed by atoms with E-state index in [0.717, 1.165) is 21.7 Å². The molecule has 1 aliphatic heterocycles. The topological polar surface area (TPSA) is 69.7 Å². The molecule has 1 fully saturated rings. The summed E-state index contributed by atoms with van der Waals surface area (Å²) < 4.78 is 0. The Labute approximate surface area is 158 Å². The van der Waals surface area contributed by atoms with Gasteiger partial charge in [0.15, 0.2) is 0 Å². The molecule has 1 N–H and O–H groups in total. The standard InChI is InChI=1S/C21H21N3O3/c1-13-5-10-18(14(2)11-13)24-20(26)17(19(25)22-21(24)27)12-15-6-8-16(9-7-15)23(3)4/h5-12H,1-4H3,(H,22,25,27)/b17-12+. The minimum absolute atomic E-state index is 0.0767. The van der Waals surface area contributed by atoms with E-state index < -0.39 is 17.8 Å². The molecule has 1 heterocycles. The van der Waals surface area contributed by atoms with Crippen LogP contribution in [-0.4, -0.2) is 31.9 Å². The van der Waals surface area contributed by atoms with Gasteiger partial charge in [0.2, 0.25) is 0 Å². The van der Waals surface area contributed by atoms with Gasteiger partial charge in [-0.1, -0.05) is 29.8 Å². The summed E-state index contributed by atoms with van der Waals surface area (Å²) in [4.78, 5) is 40.5. The van der Waals surface area contributed by atoms with Crippen LogP contribution in [0.5, 0.6) is 0 Å². The Hall–Kier alpha value is -3.41. The van der Waals surface area contributed by atoms with Gasteiger partial charge in [-0.25, -0.2) is 9.69 Å². The highest BCUT2D eigenvalue weighted by molar-refractivity contribution is 6.39. The molecule has 0 atom stereocenters. The largest absolute Gasteiger partial charge is 0.378 e. The van der Waals surface area contributed by atoms with Gasteiger partial charge in [-0.3, -0.25) is 14.9 Å². The number of imide groups is 2. The Bertz CT molecular complexity index is 959. The van der Waals surface area contributed by atoms with Gasteiger partial charge in [0.1, 0.15) is 5.57 Å². The summed E-state index contributed by atoms with van der Waals surface area (Å²) in [6, 6.07) is 12.1. The first-order chi connectivity index (χ1) is 12.8. The smallest absolute Gasteiger partial charge is 0.335 e. The van der Waals surface area contributed by atoms with Crippen LogP contribution in [0.3, 0.4) is 0 Å². The number of nitrogens with zero attached hydrogens (tertiary/aromatic N) is 2. The lowest BCUT2D eigenvalue weighted by molar-refractivity contribution is -0.122. The number of benzene rings is 2. The molecule has 1 aliphatic rings. The summed E-state index contributed by atoms with van der Waals surface area (Å²) in [5.41, 5.74) is 3.89. The molecule has 6 heteroatoms. The number of anilines is 2. The van der Waals surface area contributed by atoms with Gasteiger partial charge >= 0.3 is 6.03 Å². The molecule has 3 rings (SSSR count). The number of hydrogen-bond donors (Lipinski definition) is 1. The molecule has 6 nitrogen and oxygen atoms in total. The van der Waals surface area contributed by atoms with Crippen LogP contribution in [0.4, 0.5) is 16.2 Å². The van der Waals surface area contributed by atoms with Crippen molar-refractivity contribution in [3.8, 4) is 0 Å². The Balaban J connectivity index is 1.99. The lowest BCUT2D eigenvalue weighted by Gasteiger charge is -2.27. The lowest BCUT2D eigenvalue weighted by atomic mass is 10.0. The number of carbonyl (C=O) groups excluding carboxylic acids is 3. The average molecular weight is 363 g/mol. The third-order valence-corrected chi connectivity index (χ3v) is 4.42. The van der Waals surface area contributed by atoms with Crippen molar-refractivity contribution < 1.29 is 14.4 Å². The highest BCUT2D eigenvalue weighted by atomic mass is 16.2. The minimum Gasteiger partial charge on any atom is -0.378 e. The van der Waals surface area contributed by atoms with E-state index in [9.17, 15) is 14.4 Å². The summed E-state index contributed by atoms with van der Waals surface area (Å²) >= 11 is 0. The molecular weight excluding hydrogens is 342 g/mol. The van der Waals surface area contributed by atoms with Crippen LogP contribution in [0.15, 0.2) is 48.0 Å². The van der Waals surface area contributed by atoms with E-state index in [1.54, 1.807) is 6.07 Å². The molecule has 2 aromatic rings. The summed E-state index contributed by atoms with van der Waals surface area (Å²) in [5, 5.41) is 2.25. The maximum Gasteiger partial charge on any atom is 0.335 e. The molecule has 4 amide bonds. The van der Waals surface area contributed by atoms with E-state index in [1.165, 1.54) is 6.08 Å². The van der Waals surface area contributed by atoms with E-state index in [4.69, 9.17) is 0 Å². The molecule has 0 aromatic heterocycles. The minimum atomic E-state index is -0.739. The molecular formula is C21H21N3O3. The van der Waals surface area contributed by atoms with Crippen molar-refractivity contribution in [1.82, 2.24) is 5.32 Å². The Morgan fingerprint density at radius 1 is 0.963 bits per heavy atom. The average Bonchev–Trinajstić information content (AvgIpc) is 2.60. The number of hydrogen-bond acceptors (Lipinski definition) is 4. The van der Waals surface area contributed by atoms with Gasteiger partial charge in [0, 0.05) is 19.8 Å². The number of barbiturate groups is 1.